The van der Waals surface area contributed by atoms with Gasteiger partial charge in [0.05, 0.1) is 5.54 Å². The highest BCUT2D eigenvalue weighted by atomic mass is 16.2. The molecule has 0 unspecified atom stereocenters. The number of carbonyl (C=O) groups excluding carboxylic acids is 1. The Morgan fingerprint density at radius 1 is 1.24 bits per heavy atom. The van der Waals surface area contributed by atoms with E-state index in [1.54, 1.807) is 0 Å². The van der Waals surface area contributed by atoms with Crippen molar-refractivity contribution in [1.82, 2.24) is 10.6 Å². The Balaban J connectivity index is 1.62. The summed E-state index contributed by atoms with van der Waals surface area (Å²) in [6, 6.07) is 8.49. The molecule has 2 amide bonds. The maximum atomic E-state index is 12.3. The molecule has 0 spiro atoms. The molecule has 0 saturated heterocycles. The minimum atomic E-state index is -0.228. The molecular weight excluding hydrogens is 260 g/mol. The van der Waals surface area contributed by atoms with Crippen molar-refractivity contribution < 1.29 is 4.79 Å². The SMILES string of the molecule is C[C@]1(NC(=O)NCC2CCCC2)CCCc2ccccc21. The lowest BCUT2D eigenvalue weighted by atomic mass is 9.78. The molecule has 0 aromatic heterocycles. The summed E-state index contributed by atoms with van der Waals surface area (Å²) in [6.45, 7) is 2.98. The molecule has 3 heteroatoms. The van der Waals surface area contributed by atoms with E-state index in [0.717, 1.165) is 25.8 Å². The molecule has 114 valence electrons. The second kappa shape index (κ2) is 6.08. The number of urea groups is 1. The van der Waals surface area contributed by atoms with Gasteiger partial charge in [-0.05, 0) is 56.1 Å². The minimum absolute atomic E-state index is 0.0129. The van der Waals surface area contributed by atoms with Crippen LogP contribution in [0.25, 0.3) is 0 Å². The second-order valence-electron chi connectivity index (χ2n) is 6.83. The molecule has 1 atom stereocenters. The van der Waals surface area contributed by atoms with E-state index < -0.39 is 0 Å². The highest BCUT2D eigenvalue weighted by molar-refractivity contribution is 5.75. The van der Waals surface area contributed by atoms with E-state index in [9.17, 15) is 4.79 Å². The summed E-state index contributed by atoms with van der Waals surface area (Å²) >= 11 is 0. The van der Waals surface area contributed by atoms with Gasteiger partial charge in [-0.25, -0.2) is 4.79 Å². The number of rotatable bonds is 3. The smallest absolute Gasteiger partial charge is 0.315 e. The summed E-state index contributed by atoms with van der Waals surface area (Å²) < 4.78 is 0. The number of fused-ring (bicyclic) bond motifs is 1. The van der Waals surface area contributed by atoms with E-state index in [1.807, 2.05) is 0 Å². The van der Waals surface area contributed by atoms with Crippen LogP contribution in [0.4, 0.5) is 4.79 Å². The topological polar surface area (TPSA) is 41.1 Å². The molecule has 1 aromatic carbocycles. The Morgan fingerprint density at radius 3 is 2.81 bits per heavy atom. The highest BCUT2D eigenvalue weighted by Crippen LogP contribution is 2.34. The molecule has 3 nitrogen and oxygen atoms in total. The number of hydrogen-bond donors (Lipinski definition) is 2. The van der Waals surface area contributed by atoms with Gasteiger partial charge in [-0.1, -0.05) is 37.1 Å². The van der Waals surface area contributed by atoms with Gasteiger partial charge < -0.3 is 10.6 Å². The quantitative estimate of drug-likeness (QED) is 0.873. The lowest BCUT2D eigenvalue weighted by molar-refractivity contribution is 0.220. The van der Waals surface area contributed by atoms with Crippen LogP contribution in [0.5, 0.6) is 0 Å². The molecule has 3 rings (SSSR count). The Kier molecular flexibility index (Phi) is 4.18. The number of hydrogen-bond acceptors (Lipinski definition) is 1. The van der Waals surface area contributed by atoms with Gasteiger partial charge in [0.2, 0.25) is 0 Å². The van der Waals surface area contributed by atoms with Crippen LogP contribution in [-0.4, -0.2) is 12.6 Å². The number of nitrogens with one attached hydrogen (secondary N) is 2. The molecule has 0 bridgehead atoms. The first-order chi connectivity index (χ1) is 10.2. The zero-order chi connectivity index (χ0) is 14.7. The van der Waals surface area contributed by atoms with Gasteiger partial charge in [0, 0.05) is 6.54 Å². The van der Waals surface area contributed by atoms with Crippen molar-refractivity contribution in [1.29, 1.82) is 0 Å². The van der Waals surface area contributed by atoms with E-state index in [1.165, 1.54) is 36.8 Å². The number of amides is 2. The first-order valence-corrected chi connectivity index (χ1v) is 8.32. The maximum Gasteiger partial charge on any atom is 0.315 e. The molecule has 0 aliphatic heterocycles. The lowest BCUT2D eigenvalue weighted by Gasteiger charge is -2.37. The van der Waals surface area contributed by atoms with Gasteiger partial charge in [-0.3, -0.25) is 0 Å². The Labute approximate surface area is 127 Å². The molecular formula is C18H26N2O. The van der Waals surface area contributed by atoms with Gasteiger partial charge in [-0.2, -0.15) is 0 Å². The van der Waals surface area contributed by atoms with Crippen molar-refractivity contribution in [3.63, 3.8) is 0 Å². The van der Waals surface area contributed by atoms with E-state index in [0.29, 0.717) is 5.92 Å². The molecule has 2 aliphatic rings. The van der Waals surface area contributed by atoms with E-state index >= 15 is 0 Å². The minimum Gasteiger partial charge on any atom is -0.338 e. The van der Waals surface area contributed by atoms with Crippen molar-refractivity contribution in [3.8, 4) is 0 Å². The van der Waals surface area contributed by atoms with Gasteiger partial charge in [0.1, 0.15) is 0 Å². The van der Waals surface area contributed by atoms with Crippen molar-refractivity contribution in [3.05, 3.63) is 35.4 Å². The standard InChI is InChI=1S/C18H26N2O/c1-18(12-6-10-15-9-4-5-11-16(15)18)20-17(21)19-13-14-7-2-3-8-14/h4-5,9,11,14H,2-3,6-8,10,12-13H2,1H3,(H2,19,20,21)/t18-/m0/s1. The van der Waals surface area contributed by atoms with Crippen LogP contribution in [0.3, 0.4) is 0 Å². The molecule has 1 fully saturated rings. The number of carbonyl (C=O) groups is 1. The summed E-state index contributed by atoms with van der Waals surface area (Å²) in [5, 5.41) is 6.30. The predicted octanol–water partition coefficient (Wildman–Crippen LogP) is 3.73. The van der Waals surface area contributed by atoms with Crippen LogP contribution < -0.4 is 10.6 Å². The molecule has 2 N–H and O–H groups in total. The van der Waals surface area contributed by atoms with E-state index in [-0.39, 0.29) is 11.6 Å². The van der Waals surface area contributed by atoms with Crippen molar-refractivity contribution in [2.45, 2.75) is 57.4 Å². The fourth-order valence-electron chi connectivity index (χ4n) is 3.92. The van der Waals surface area contributed by atoms with Crippen LogP contribution in [0, 0.1) is 5.92 Å². The van der Waals surface area contributed by atoms with Crippen LogP contribution in [0.15, 0.2) is 24.3 Å². The highest BCUT2D eigenvalue weighted by Gasteiger charge is 2.33. The Hall–Kier alpha value is -1.51. The summed E-state index contributed by atoms with van der Waals surface area (Å²) in [5.41, 5.74) is 2.43. The van der Waals surface area contributed by atoms with Crippen LogP contribution in [0.1, 0.15) is 56.6 Å². The third-order valence-corrected chi connectivity index (χ3v) is 5.15. The average Bonchev–Trinajstić information content (AvgIpc) is 2.99. The summed E-state index contributed by atoms with van der Waals surface area (Å²) in [6.07, 6.45) is 8.44. The maximum absolute atomic E-state index is 12.3. The van der Waals surface area contributed by atoms with Crippen molar-refractivity contribution in [2.75, 3.05) is 6.54 Å². The largest absolute Gasteiger partial charge is 0.338 e. The molecule has 2 aliphatic carbocycles. The predicted molar refractivity (Wildman–Crippen MR) is 85.2 cm³/mol. The Bertz CT molecular complexity index is 508. The summed E-state index contributed by atoms with van der Waals surface area (Å²) in [5.74, 6) is 0.683. The van der Waals surface area contributed by atoms with Crippen molar-refractivity contribution in [2.24, 2.45) is 5.92 Å². The monoisotopic (exact) mass is 286 g/mol. The van der Waals surface area contributed by atoms with Crippen LogP contribution >= 0.6 is 0 Å². The van der Waals surface area contributed by atoms with Gasteiger partial charge in [0.25, 0.3) is 0 Å². The first-order valence-electron chi connectivity index (χ1n) is 8.32. The average molecular weight is 286 g/mol. The van der Waals surface area contributed by atoms with Gasteiger partial charge in [-0.15, -0.1) is 0 Å². The number of aryl methyl sites for hydroxylation is 1. The third kappa shape index (κ3) is 3.22. The third-order valence-electron chi connectivity index (χ3n) is 5.15. The molecule has 0 radical (unpaired) electrons. The molecule has 0 heterocycles. The van der Waals surface area contributed by atoms with Crippen molar-refractivity contribution >= 4 is 6.03 Å². The van der Waals surface area contributed by atoms with E-state index in [2.05, 4.69) is 41.8 Å². The normalized spacial score (nSPS) is 25.4. The fourth-order valence-corrected chi connectivity index (χ4v) is 3.92. The fraction of sp³-hybridized carbons (Fsp3) is 0.611. The van der Waals surface area contributed by atoms with E-state index in [4.69, 9.17) is 0 Å². The molecule has 21 heavy (non-hydrogen) atoms. The zero-order valence-electron chi connectivity index (χ0n) is 13.0. The zero-order valence-corrected chi connectivity index (χ0v) is 13.0. The van der Waals surface area contributed by atoms with Crippen LogP contribution in [0.2, 0.25) is 0 Å². The van der Waals surface area contributed by atoms with Gasteiger partial charge >= 0.3 is 6.03 Å². The molecule has 1 aromatic rings. The van der Waals surface area contributed by atoms with Crippen LogP contribution in [-0.2, 0) is 12.0 Å². The lowest BCUT2D eigenvalue weighted by Crippen LogP contribution is -2.50. The summed E-state index contributed by atoms with van der Waals surface area (Å²) in [4.78, 5) is 12.3. The first kappa shape index (κ1) is 14.4. The number of benzene rings is 1. The Morgan fingerprint density at radius 2 is 2.00 bits per heavy atom. The molecule has 1 saturated carbocycles. The second-order valence-corrected chi connectivity index (χ2v) is 6.83. The van der Waals surface area contributed by atoms with Gasteiger partial charge in [0.15, 0.2) is 0 Å². The summed E-state index contributed by atoms with van der Waals surface area (Å²) in [7, 11) is 0.